The van der Waals surface area contributed by atoms with Crippen molar-refractivity contribution in [3.05, 3.63) is 36.2 Å². The van der Waals surface area contributed by atoms with Crippen LogP contribution in [0.4, 0.5) is 0 Å². The highest BCUT2D eigenvalue weighted by molar-refractivity contribution is 7.99. The number of carbonyl (C=O) groups is 2. The number of carbonyl (C=O) groups excluding carboxylic acids is 2. The van der Waals surface area contributed by atoms with Crippen molar-refractivity contribution in [1.82, 2.24) is 25.4 Å². The molecule has 0 spiro atoms. The summed E-state index contributed by atoms with van der Waals surface area (Å²) in [5, 5.41) is 10.7. The van der Waals surface area contributed by atoms with E-state index in [9.17, 15) is 9.59 Å². The topological polar surface area (TPSA) is 88.9 Å². The van der Waals surface area contributed by atoms with E-state index in [-0.39, 0.29) is 24.1 Å². The molecule has 1 aliphatic carbocycles. The SMILES string of the molecule is CCCNC(=O)CNC(=O)CSc1nc(C2CCCCC2)n(-c2ccccc2)n1. The molecule has 2 aromatic rings. The largest absolute Gasteiger partial charge is 0.355 e. The Hall–Kier alpha value is -2.35. The van der Waals surface area contributed by atoms with Crippen LogP contribution in [0.1, 0.15) is 57.2 Å². The summed E-state index contributed by atoms with van der Waals surface area (Å²) >= 11 is 1.30. The highest BCUT2D eigenvalue weighted by Gasteiger charge is 2.23. The minimum absolute atomic E-state index is 0.00139. The van der Waals surface area contributed by atoms with Gasteiger partial charge in [0.2, 0.25) is 17.0 Å². The zero-order chi connectivity index (χ0) is 20.5. The highest BCUT2D eigenvalue weighted by atomic mass is 32.2. The van der Waals surface area contributed by atoms with Crippen LogP contribution in [0.3, 0.4) is 0 Å². The van der Waals surface area contributed by atoms with Crippen molar-refractivity contribution >= 4 is 23.6 Å². The second-order valence-corrected chi connectivity index (χ2v) is 8.19. The van der Waals surface area contributed by atoms with Gasteiger partial charge in [-0.1, -0.05) is 56.1 Å². The summed E-state index contributed by atoms with van der Waals surface area (Å²) < 4.78 is 1.93. The number of hydrogen-bond acceptors (Lipinski definition) is 5. The number of aromatic nitrogens is 3. The summed E-state index contributed by atoms with van der Waals surface area (Å²) in [5.74, 6) is 1.21. The second kappa shape index (κ2) is 11.0. The summed E-state index contributed by atoms with van der Waals surface area (Å²) in [6, 6.07) is 10.0. The van der Waals surface area contributed by atoms with Gasteiger partial charge < -0.3 is 10.6 Å². The zero-order valence-electron chi connectivity index (χ0n) is 16.9. The van der Waals surface area contributed by atoms with Crippen LogP contribution in [0.2, 0.25) is 0 Å². The Labute approximate surface area is 176 Å². The molecule has 1 aromatic carbocycles. The summed E-state index contributed by atoms with van der Waals surface area (Å²) in [6.45, 7) is 2.60. The van der Waals surface area contributed by atoms with Gasteiger partial charge in [0, 0.05) is 12.5 Å². The fraction of sp³-hybridized carbons (Fsp3) is 0.524. The Bertz CT molecular complexity index is 803. The number of thioether (sulfide) groups is 1. The van der Waals surface area contributed by atoms with Crippen LogP contribution in [0.5, 0.6) is 0 Å². The molecule has 29 heavy (non-hydrogen) atoms. The van der Waals surface area contributed by atoms with Gasteiger partial charge in [-0.25, -0.2) is 9.67 Å². The smallest absolute Gasteiger partial charge is 0.239 e. The highest BCUT2D eigenvalue weighted by Crippen LogP contribution is 2.33. The molecule has 0 bridgehead atoms. The molecule has 0 unspecified atom stereocenters. The third-order valence-corrected chi connectivity index (χ3v) is 5.77. The monoisotopic (exact) mass is 415 g/mol. The van der Waals surface area contributed by atoms with Crippen molar-refractivity contribution < 1.29 is 9.59 Å². The number of nitrogens with zero attached hydrogens (tertiary/aromatic N) is 3. The molecule has 0 radical (unpaired) electrons. The summed E-state index contributed by atoms with van der Waals surface area (Å²) in [4.78, 5) is 28.5. The van der Waals surface area contributed by atoms with Crippen LogP contribution in [0.25, 0.3) is 5.69 Å². The number of para-hydroxylation sites is 1. The molecule has 2 amide bonds. The Morgan fingerprint density at radius 3 is 2.59 bits per heavy atom. The Kier molecular flexibility index (Phi) is 8.10. The maximum Gasteiger partial charge on any atom is 0.239 e. The lowest BCUT2D eigenvalue weighted by atomic mass is 9.88. The van der Waals surface area contributed by atoms with Crippen molar-refractivity contribution in [2.24, 2.45) is 0 Å². The van der Waals surface area contributed by atoms with E-state index in [4.69, 9.17) is 4.98 Å². The van der Waals surface area contributed by atoms with Gasteiger partial charge >= 0.3 is 0 Å². The molecule has 1 heterocycles. The minimum Gasteiger partial charge on any atom is -0.355 e. The number of amides is 2. The van der Waals surface area contributed by atoms with Crippen molar-refractivity contribution in [3.63, 3.8) is 0 Å². The predicted molar refractivity (Wildman–Crippen MR) is 114 cm³/mol. The van der Waals surface area contributed by atoms with Crippen LogP contribution < -0.4 is 10.6 Å². The molecule has 3 rings (SSSR count). The Morgan fingerprint density at radius 2 is 1.86 bits per heavy atom. The third kappa shape index (κ3) is 6.32. The van der Waals surface area contributed by atoms with E-state index in [1.807, 2.05) is 41.9 Å². The third-order valence-electron chi connectivity index (χ3n) is 4.93. The lowest BCUT2D eigenvalue weighted by molar-refractivity contribution is -0.124. The molecule has 0 aliphatic heterocycles. The van der Waals surface area contributed by atoms with Crippen LogP contribution >= 0.6 is 11.8 Å². The van der Waals surface area contributed by atoms with Crippen LogP contribution in [0, 0.1) is 0 Å². The molecule has 1 aromatic heterocycles. The fourth-order valence-corrected chi connectivity index (χ4v) is 4.10. The zero-order valence-corrected chi connectivity index (χ0v) is 17.7. The summed E-state index contributed by atoms with van der Waals surface area (Å²) in [5.41, 5.74) is 0.990. The first-order valence-electron chi connectivity index (χ1n) is 10.4. The van der Waals surface area contributed by atoms with Gasteiger partial charge in [0.05, 0.1) is 18.0 Å². The molecule has 7 nitrogen and oxygen atoms in total. The quantitative estimate of drug-likeness (QED) is 0.615. The summed E-state index contributed by atoms with van der Waals surface area (Å²) in [7, 11) is 0. The lowest BCUT2D eigenvalue weighted by Gasteiger charge is -2.21. The Morgan fingerprint density at radius 1 is 1.10 bits per heavy atom. The van der Waals surface area contributed by atoms with Crippen molar-refractivity contribution in [2.45, 2.75) is 56.5 Å². The van der Waals surface area contributed by atoms with E-state index >= 15 is 0 Å². The molecule has 2 N–H and O–H groups in total. The molecule has 0 saturated heterocycles. The summed E-state index contributed by atoms with van der Waals surface area (Å²) in [6.07, 6.45) is 6.85. The number of hydrogen-bond donors (Lipinski definition) is 2. The van der Waals surface area contributed by atoms with Crippen LogP contribution in [-0.2, 0) is 9.59 Å². The number of rotatable bonds is 9. The first kappa shape index (κ1) is 21.4. The average molecular weight is 416 g/mol. The molecule has 1 saturated carbocycles. The standard InChI is InChI=1S/C21H29N5O2S/c1-2-13-22-18(27)14-23-19(28)15-29-21-24-20(16-9-5-3-6-10-16)26(25-21)17-11-7-4-8-12-17/h4,7-8,11-12,16H,2-3,5-6,9-10,13-15H2,1H3,(H,22,27)(H,23,28). The molecule has 1 fully saturated rings. The van der Waals surface area contributed by atoms with Gasteiger partial charge in [0.15, 0.2) is 0 Å². The van der Waals surface area contributed by atoms with E-state index in [2.05, 4.69) is 15.7 Å². The normalized spacial score (nSPS) is 14.5. The van der Waals surface area contributed by atoms with E-state index in [1.165, 1.54) is 31.0 Å². The fourth-order valence-electron chi connectivity index (χ4n) is 3.44. The van der Waals surface area contributed by atoms with Gasteiger partial charge in [-0.3, -0.25) is 9.59 Å². The maximum atomic E-state index is 12.1. The van der Waals surface area contributed by atoms with E-state index in [1.54, 1.807) is 0 Å². The van der Waals surface area contributed by atoms with Gasteiger partial charge in [-0.15, -0.1) is 5.10 Å². The van der Waals surface area contributed by atoms with E-state index in [0.29, 0.717) is 17.6 Å². The lowest BCUT2D eigenvalue weighted by Crippen LogP contribution is -2.37. The minimum atomic E-state index is -0.197. The predicted octanol–water partition coefficient (Wildman–Crippen LogP) is 3.05. The van der Waals surface area contributed by atoms with Gasteiger partial charge in [0.25, 0.3) is 0 Å². The molecule has 8 heteroatoms. The molecule has 0 atom stereocenters. The maximum absolute atomic E-state index is 12.1. The first-order valence-corrected chi connectivity index (χ1v) is 11.3. The number of nitrogens with one attached hydrogen (secondary N) is 2. The second-order valence-electron chi connectivity index (χ2n) is 7.25. The molecule has 1 aliphatic rings. The molecular weight excluding hydrogens is 386 g/mol. The van der Waals surface area contributed by atoms with Gasteiger partial charge in [0.1, 0.15) is 5.82 Å². The van der Waals surface area contributed by atoms with Crippen LogP contribution in [-0.4, -0.2) is 45.4 Å². The number of benzene rings is 1. The average Bonchev–Trinajstić information content (AvgIpc) is 3.20. The van der Waals surface area contributed by atoms with Crippen LogP contribution in [0.15, 0.2) is 35.5 Å². The molecular formula is C21H29N5O2S. The van der Waals surface area contributed by atoms with E-state index < -0.39 is 0 Å². The van der Waals surface area contributed by atoms with Crippen molar-refractivity contribution in [3.8, 4) is 5.69 Å². The molecule has 156 valence electrons. The van der Waals surface area contributed by atoms with E-state index in [0.717, 1.165) is 30.8 Å². The first-order chi connectivity index (χ1) is 14.2. The van der Waals surface area contributed by atoms with Crippen molar-refractivity contribution in [2.75, 3.05) is 18.8 Å². The Balaban J connectivity index is 1.63. The van der Waals surface area contributed by atoms with Gasteiger partial charge in [-0.2, -0.15) is 0 Å². The van der Waals surface area contributed by atoms with Gasteiger partial charge in [-0.05, 0) is 31.4 Å². The van der Waals surface area contributed by atoms with Crippen molar-refractivity contribution in [1.29, 1.82) is 0 Å².